The molecule has 2 atom stereocenters. The van der Waals surface area contributed by atoms with Crippen molar-refractivity contribution in [1.29, 1.82) is 0 Å². The molecule has 0 spiro atoms. The average molecular weight is 268 g/mol. The Kier molecular flexibility index (Phi) is 5.96. The van der Waals surface area contributed by atoms with Gasteiger partial charge in [0.2, 0.25) is 5.75 Å². The van der Waals surface area contributed by atoms with Crippen LogP contribution in [-0.4, -0.2) is 26.4 Å². The second kappa shape index (κ2) is 7.24. The minimum atomic E-state index is -0.574. The van der Waals surface area contributed by atoms with Crippen LogP contribution in [0, 0.1) is 5.92 Å². The van der Waals surface area contributed by atoms with Gasteiger partial charge in [-0.25, -0.2) is 0 Å². The number of hydrogen-bond donors (Lipinski definition) is 1. The van der Waals surface area contributed by atoms with E-state index in [4.69, 9.17) is 14.2 Å². The van der Waals surface area contributed by atoms with Crippen LogP contribution in [0.1, 0.15) is 38.4 Å². The number of ether oxygens (including phenoxy) is 3. The van der Waals surface area contributed by atoms with E-state index < -0.39 is 6.10 Å². The van der Waals surface area contributed by atoms with Crippen LogP contribution in [0.4, 0.5) is 0 Å². The van der Waals surface area contributed by atoms with Crippen LogP contribution in [0.3, 0.4) is 0 Å². The molecule has 108 valence electrons. The monoisotopic (exact) mass is 268 g/mol. The van der Waals surface area contributed by atoms with Crippen molar-refractivity contribution in [1.82, 2.24) is 0 Å². The molecule has 0 aliphatic rings. The molecule has 1 aromatic rings. The number of hydrogen-bond acceptors (Lipinski definition) is 4. The van der Waals surface area contributed by atoms with E-state index in [-0.39, 0.29) is 5.92 Å². The van der Waals surface area contributed by atoms with Gasteiger partial charge in [0.1, 0.15) is 0 Å². The summed E-state index contributed by atoms with van der Waals surface area (Å²) >= 11 is 0. The van der Waals surface area contributed by atoms with Crippen LogP contribution in [0.2, 0.25) is 0 Å². The largest absolute Gasteiger partial charge is 0.493 e. The Bertz CT molecular complexity index is 403. The Morgan fingerprint density at radius 3 is 2.16 bits per heavy atom. The zero-order valence-electron chi connectivity index (χ0n) is 12.4. The highest BCUT2D eigenvalue weighted by Gasteiger charge is 2.24. The molecule has 1 rings (SSSR count). The first-order valence-electron chi connectivity index (χ1n) is 6.57. The highest BCUT2D eigenvalue weighted by atomic mass is 16.5. The first-order valence-corrected chi connectivity index (χ1v) is 6.57. The quantitative estimate of drug-likeness (QED) is 0.825. The van der Waals surface area contributed by atoms with Gasteiger partial charge in [0.25, 0.3) is 0 Å². The van der Waals surface area contributed by atoms with Gasteiger partial charge in [-0.3, -0.25) is 0 Å². The van der Waals surface area contributed by atoms with Gasteiger partial charge < -0.3 is 19.3 Å². The predicted molar refractivity (Wildman–Crippen MR) is 75.1 cm³/mol. The van der Waals surface area contributed by atoms with E-state index in [1.807, 2.05) is 13.0 Å². The van der Waals surface area contributed by atoms with Crippen LogP contribution in [-0.2, 0) is 0 Å². The third-order valence-corrected chi connectivity index (χ3v) is 3.34. The van der Waals surface area contributed by atoms with E-state index in [1.54, 1.807) is 27.4 Å². The summed E-state index contributed by atoms with van der Waals surface area (Å²) < 4.78 is 16.0. The molecule has 0 heterocycles. The third kappa shape index (κ3) is 3.32. The van der Waals surface area contributed by atoms with Crippen molar-refractivity contribution >= 4 is 0 Å². The lowest BCUT2D eigenvalue weighted by Crippen LogP contribution is -2.11. The molecule has 0 saturated heterocycles. The molecule has 0 aliphatic heterocycles. The number of benzene rings is 1. The second-order valence-corrected chi connectivity index (χ2v) is 4.63. The van der Waals surface area contributed by atoms with Gasteiger partial charge in [0, 0.05) is 5.56 Å². The molecule has 0 bridgehead atoms. The maximum atomic E-state index is 10.4. The first-order chi connectivity index (χ1) is 9.10. The fourth-order valence-electron chi connectivity index (χ4n) is 2.28. The minimum absolute atomic E-state index is 0.164. The summed E-state index contributed by atoms with van der Waals surface area (Å²) in [5.41, 5.74) is 0.737. The van der Waals surface area contributed by atoms with Crippen LogP contribution >= 0.6 is 0 Å². The van der Waals surface area contributed by atoms with Crippen molar-refractivity contribution in [3.8, 4) is 17.2 Å². The Morgan fingerprint density at radius 1 is 1.05 bits per heavy atom. The van der Waals surface area contributed by atoms with Gasteiger partial charge in [-0.05, 0) is 24.5 Å². The standard InChI is InChI=1S/C15H24O4/c1-6-7-10(2)13(16)11-8-9-12(17-3)15(19-5)14(11)18-4/h8-10,13,16H,6-7H2,1-5H3. The minimum Gasteiger partial charge on any atom is -0.493 e. The molecular weight excluding hydrogens is 244 g/mol. The molecule has 1 aromatic carbocycles. The van der Waals surface area contributed by atoms with Crippen molar-refractivity contribution in [2.24, 2.45) is 5.92 Å². The van der Waals surface area contributed by atoms with E-state index in [2.05, 4.69) is 6.92 Å². The van der Waals surface area contributed by atoms with Crippen molar-refractivity contribution in [3.05, 3.63) is 17.7 Å². The van der Waals surface area contributed by atoms with Gasteiger partial charge >= 0.3 is 0 Å². The van der Waals surface area contributed by atoms with Crippen molar-refractivity contribution in [2.75, 3.05) is 21.3 Å². The van der Waals surface area contributed by atoms with Crippen molar-refractivity contribution in [2.45, 2.75) is 32.8 Å². The maximum absolute atomic E-state index is 10.4. The SMILES string of the molecule is CCCC(C)C(O)c1ccc(OC)c(OC)c1OC. The summed E-state index contributed by atoms with van der Waals surface area (Å²) in [5, 5.41) is 10.4. The lowest BCUT2D eigenvalue weighted by molar-refractivity contribution is 0.108. The normalized spacial score (nSPS) is 13.8. The van der Waals surface area contributed by atoms with Crippen LogP contribution in [0.15, 0.2) is 12.1 Å². The lowest BCUT2D eigenvalue weighted by Gasteiger charge is -2.23. The number of methoxy groups -OCH3 is 3. The Labute approximate surface area is 115 Å². The molecular formula is C15H24O4. The lowest BCUT2D eigenvalue weighted by atomic mass is 9.92. The summed E-state index contributed by atoms with van der Waals surface area (Å²) in [7, 11) is 4.71. The highest BCUT2D eigenvalue weighted by Crippen LogP contribution is 2.43. The van der Waals surface area contributed by atoms with Gasteiger partial charge in [-0.1, -0.05) is 20.3 Å². The van der Waals surface area contributed by atoms with E-state index in [0.717, 1.165) is 18.4 Å². The Morgan fingerprint density at radius 2 is 1.68 bits per heavy atom. The molecule has 19 heavy (non-hydrogen) atoms. The Hall–Kier alpha value is -1.42. The van der Waals surface area contributed by atoms with Crippen LogP contribution < -0.4 is 14.2 Å². The van der Waals surface area contributed by atoms with E-state index in [0.29, 0.717) is 17.2 Å². The average Bonchev–Trinajstić information content (AvgIpc) is 2.44. The van der Waals surface area contributed by atoms with Crippen LogP contribution in [0.5, 0.6) is 17.2 Å². The van der Waals surface area contributed by atoms with E-state index in [9.17, 15) is 5.11 Å². The molecule has 0 fully saturated rings. The summed E-state index contributed by atoms with van der Waals surface area (Å²) in [4.78, 5) is 0. The van der Waals surface area contributed by atoms with Crippen molar-refractivity contribution < 1.29 is 19.3 Å². The number of rotatable bonds is 7. The molecule has 0 radical (unpaired) electrons. The summed E-state index contributed by atoms with van der Waals surface area (Å²) in [6, 6.07) is 3.62. The molecule has 4 nitrogen and oxygen atoms in total. The fraction of sp³-hybridized carbons (Fsp3) is 0.600. The molecule has 1 N–H and O–H groups in total. The molecule has 0 aromatic heterocycles. The second-order valence-electron chi connectivity index (χ2n) is 4.63. The zero-order chi connectivity index (χ0) is 14.4. The molecule has 0 saturated carbocycles. The van der Waals surface area contributed by atoms with Crippen LogP contribution in [0.25, 0.3) is 0 Å². The predicted octanol–water partition coefficient (Wildman–Crippen LogP) is 3.18. The molecule has 2 unspecified atom stereocenters. The van der Waals surface area contributed by atoms with E-state index in [1.165, 1.54) is 0 Å². The van der Waals surface area contributed by atoms with Gasteiger partial charge in [-0.15, -0.1) is 0 Å². The number of aliphatic hydroxyl groups is 1. The Balaban J connectivity index is 3.20. The molecule has 0 amide bonds. The number of aliphatic hydroxyl groups excluding tert-OH is 1. The summed E-state index contributed by atoms with van der Waals surface area (Å²) in [5.74, 6) is 1.82. The topological polar surface area (TPSA) is 47.9 Å². The third-order valence-electron chi connectivity index (χ3n) is 3.34. The first kappa shape index (κ1) is 15.6. The molecule has 4 heteroatoms. The fourth-order valence-corrected chi connectivity index (χ4v) is 2.28. The smallest absolute Gasteiger partial charge is 0.203 e. The summed E-state index contributed by atoms with van der Waals surface area (Å²) in [6.07, 6.45) is 1.42. The maximum Gasteiger partial charge on any atom is 0.203 e. The van der Waals surface area contributed by atoms with Gasteiger partial charge in [0.15, 0.2) is 11.5 Å². The van der Waals surface area contributed by atoms with Gasteiger partial charge in [-0.2, -0.15) is 0 Å². The van der Waals surface area contributed by atoms with E-state index >= 15 is 0 Å². The zero-order valence-corrected chi connectivity index (χ0v) is 12.4. The van der Waals surface area contributed by atoms with Gasteiger partial charge in [0.05, 0.1) is 27.4 Å². The van der Waals surface area contributed by atoms with Crippen molar-refractivity contribution in [3.63, 3.8) is 0 Å². The molecule has 0 aliphatic carbocycles. The highest BCUT2D eigenvalue weighted by molar-refractivity contribution is 5.56. The summed E-state index contributed by atoms with van der Waals surface area (Å²) in [6.45, 7) is 4.14.